The van der Waals surface area contributed by atoms with Gasteiger partial charge in [0.2, 0.25) is 5.91 Å². The molecule has 15 heavy (non-hydrogen) atoms. The van der Waals surface area contributed by atoms with Gasteiger partial charge in [-0.05, 0) is 34.2 Å². The molecule has 0 saturated carbocycles. The summed E-state index contributed by atoms with van der Waals surface area (Å²) in [6, 6.07) is 1.78. The summed E-state index contributed by atoms with van der Waals surface area (Å²) in [5.74, 6) is -0.0195. The summed E-state index contributed by atoms with van der Waals surface area (Å²) in [6.45, 7) is 7.59. The molecule has 0 aromatic carbocycles. The van der Waals surface area contributed by atoms with Crippen LogP contribution in [0.15, 0.2) is 0 Å². The van der Waals surface area contributed by atoms with Gasteiger partial charge < -0.3 is 5.32 Å². The van der Waals surface area contributed by atoms with Crippen LogP contribution in [0.25, 0.3) is 0 Å². The van der Waals surface area contributed by atoms with E-state index < -0.39 is 0 Å². The third kappa shape index (κ3) is 4.30. The zero-order chi connectivity index (χ0) is 12.0. The minimum Gasteiger partial charge on any atom is -0.352 e. The lowest BCUT2D eigenvalue weighted by atomic mass is 10.2. The molecule has 0 fully saturated rings. The van der Waals surface area contributed by atoms with Crippen molar-refractivity contribution >= 4 is 5.91 Å². The van der Waals surface area contributed by atoms with Gasteiger partial charge in [0.1, 0.15) is 0 Å². The molecule has 0 aliphatic rings. The highest BCUT2D eigenvalue weighted by Crippen LogP contribution is 2.02. The number of nitrogens with one attached hydrogen (secondary N) is 1. The molecule has 4 heteroatoms. The number of amides is 1. The maximum Gasteiger partial charge on any atom is 0.237 e. The quantitative estimate of drug-likeness (QED) is 0.741. The van der Waals surface area contributed by atoms with Gasteiger partial charge >= 0.3 is 0 Å². The Morgan fingerprint density at radius 2 is 2.00 bits per heavy atom. The van der Waals surface area contributed by atoms with Crippen LogP contribution in [0.3, 0.4) is 0 Å². The lowest BCUT2D eigenvalue weighted by Crippen LogP contribution is -2.48. The van der Waals surface area contributed by atoms with Gasteiger partial charge in [-0.2, -0.15) is 5.26 Å². The Bertz CT molecular complexity index is 247. The Hall–Kier alpha value is -1.08. The lowest BCUT2D eigenvalue weighted by Gasteiger charge is -2.26. The van der Waals surface area contributed by atoms with Crippen LogP contribution in [0.2, 0.25) is 0 Å². The van der Waals surface area contributed by atoms with Crippen LogP contribution < -0.4 is 5.32 Å². The van der Waals surface area contributed by atoms with E-state index in [-0.39, 0.29) is 24.0 Å². The molecule has 0 heterocycles. The van der Waals surface area contributed by atoms with E-state index in [0.29, 0.717) is 0 Å². The van der Waals surface area contributed by atoms with E-state index in [9.17, 15) is 4.79 Å². The van der Waals surface area contributed by atoms with E-state index in [1.54, 1.807) is 18.9 Å². The van der Waals surface area contributed by atoms with E-state index in [1.165, 1.54) is 0 Å². The lowest BCUT2D eigenvalue weighted by molar-refractivity contribution is -0.126. The smallest absolute Gasteiger partial charge is 0.237 e. The molecule has 0 aromatic heterocycles. The van der Waals surface area contributed by atoms with Gasteiger partial charge in [0.15, 0.2) is 0 Å². The van der Waals surface area contributed by atoms with E-state index in [2.05, 4.69) is 11.4 Å². The van der Waals surface area contributed by atoms with Crippen molar-refractivity contribution in [1.82, 2.24) is 10.2 Å². The van der Waals surface area contributed by atoms with Gasteiger partial charge in [0.05, 0.1) is 18.2 Å². The van der Waals surface area contributed by atoms with Crippen molar-refractivity contribution in [2.24, 2.45) is 0 Å². The number of hydrogen-bond acceptors (Lipinski definition) is 3. The van der Waals surface area contributed by atoms with E-state index >= 15 is 0 Å². The molecular formula is C11H21N3O. The Morgan fingerprint density at radius 1 is 1.47 bits per heavy atom. The molecule has 0 rings (SSSR count). The van der Waals surface area contributed by atoms with E-state index in [4.69, 9.17) is 5.26 Å². The predicted molar refractivity (Wildman–Crippen MR) is 60.2 cm³/mol. The Kier molecular flexibility index (Phi) is 5.95. The van der Waals surface area contributed by atoms with Crippen molar-refractivity contribution in [2.75, 3.05) is 7.05 Å². The van der Waals surface area contributed by atoms with Crippen molar-refractivity contribution in [3.8, 4) is 6.07 Å². The van der Waals surface area contributed by atoms with Crippen LogP contribution in [0, 0.1) is 11.3 Å². The monoisotopic (exact) mass is 211 g/mol. The average Bonchev–Trinajstić information content (AvgIpc) is 2.25. The Morgan fingerprint density at radius 3 is 2.40 bits per heavy atom. The van der Waals surface area contributed by atoms with Crippen molar-refractivity contribution in [1.29, 1.82) is 5.26 Å². The summed E-state index contributed by atoms with van der Waals surface area (Å²) < 4.78 is 0. The predicted octanol–water partition coefficient (Wildman–Crippen LogP) is 1.13. The standard InChI is InChI=1S/C11H21N3O/c1-6-8(2)13-11(15)10(4)14(5)9(3)7-12/h8-10H,6H2,1-5H3,(H,13,15). The molecule has 0 spiro atoms. The molecule has 3 unspecified atom stereocenters. The highest BCUT2D eigenvalue weighted by molar-refractivity contribution is 5.81. The minimum absolute atomic E-state index is 0.0195. The number of rotatable bonds is 5. The summed E-state index contributed by atoms with van der Waals surface area (Å²) >= 11 is 0. The van der Waals surface area contributed by atoms with Gasteiger partial charge in [0.25, 0.3) is 0 Å². The first kappa shape index (κ1) is 13.9. The van der Waals surface area contributed by atoms with Crippen LogP contribution in [-0.2, 0) is 4.79 Å². The van der Waals surface area contributed by atoms with Gasteiger partial charge in [0, 0.05) is 6.04 Å². The molecule has 3 atom stereocenters. The number of carbonyl (C=O) groups is 1. The second-order valence-electron chi connectivity index (χ2n) is 3.96. The van der Waals surface area contributed by atoms with Crippen LogP contribution in [0.1, 0.15) is 34.1 Å². The Labute approximate surface area is 92.3 Å². The summed E-state index contributed by atoms with van der Waals surface area (Å²) in [4.78, 5) is 13.5. The molecule has 1 N–H and O–H groups in total. The molecule has 86 valence electrons. The van der Waals surface area contributed by atoms with E-state index in [1.807, 2.05) is 20.8 Å². The van der Waals surface area contributed by atoms with Crippen molar-refractivity contribution in [3.63, 3.8) is 0 Å². The molecule has 0 aromatic rings. The molecular weight excluding hydrogens is 190 g/mol. The molecule has 0 aliphatic heterocycles. The summed E-state index contributed by atoms with van der Waals surface area (Å²) in [6.07, 6.45) is 0.913. The maximum absolute atomic E-state index is 11.7. The van der Waals surface area contributed by atoms with Crippen molar-refractivity contribution in [3.05, 3.63) is 0 Å². The van der Waals surface area contributed by atoms with Crippen LogP contribution in [0.4, 0.5) is 0 Å². The van der Waals surface area contributed by atoms with Gasteiger partial charge in [-0.1, -0.05) is 6.92 Å². The number of likely N-dealkylation sites (N-methyl/N-ethyl adjacent to an activating group) is 1. The van der Waals surface area contributed by atoms with Crippen molar-refractivity contribution in [2.45, 2.75) is 52.2 Å². The molecule has 0 aliphatic carbocycles. The number of nitrogens with zero attached hydrogens (tertiary/aromatic N) is 2. The Balaban J connectivity index is 4.26. The van der Waals surface area contributed by atoms with Gasteiger partial charge in [-0.15, -0.1) is 0 Å². The van der Waals surface area contributed by atoms with Gasteiger partial charge in [-0.25, -0.2) is 0 Å². The third-order valence-corrected chi connectivity index (χ3v) is 2.79. The highest BCUT2D eigenvalue weighted by Gasteiger charge is 2.22. The molecule has 0 bridgehead atoms. The molecule has 0 radical (unpaired) electrons. The summed E-state index contributed by atoms with van der Waals surface area (Å²) in [5, 5.41) is 11.6. The second-order valence-corrected chi connectivity index (χ2v) is 3.96. The zero-order valence-corrected chi connectivity index (χ0v) is 10.2. The number of nitriles is 1. The molecule has 1 amide bonds. The fourth-order valence-electron chi connectivity index (χ4n) is 1.08. The van der Waals surface area contributed by atoms with Crippen LogP contribution in [-0.4, -0.2) is 36.0 Å². The van der Waals surface area contributed by atoms with Crippen LogP contribution in [0.5, 0.6) is 0 Å². The third-order valence-electron chi connectivity index (χ3n) is 2.79. The first-order chi connectivity index (χ1) is 6.93. The van der Waals surface area contributed by atoms with Gasteiger partial charge in [-0.3, -0.25) is 9.69 Å². The van der Waals surface area contributed by atoms with E-state index in [0.717, 1.165) is 6.42 Å². The molecule has 4 nitrogen and oxygen atoms in total. The fraction of sp³-hybridized carbons (Fsp3) is 0.818. The second kappa shape index (κ2) is 6.41. The largest absolute Gasteiger partial charge is 0.352 e. The summed E-state index contributed by atoms with van der Waals surface area (Å²) in [7, 11) is 1.79. The summed E-state index contributed by atoms with van der Waals surface area (Å²) in [5.41, 5.74) is 0. The number of carbonyl (C=O) groups excluding carboxylic acids is 1. The fourth-order valence-corrected chi connectivity index (χ4v) is 1.08. The first-order valence-corrected chi connectivity index (χ1v) is 5.35. The maximum atomic E-state index is 11.7. The average molecular weight is 211 g/mol. The van der Waals surface area contributed by atoms with Crippen LogP contribution >= 0.6 is 0 Å². The highest BCUT2D eigenvalue weighted by atomic mass is 16.2. The van der Waals surface area contributed by atoms with Crippen molar-refractivity contribution < 1.29 is 4.79 Å². The normalized spacial score (nSPS) is 16.6. The SMILES string of the molecule is CCC(C)NC(=O)C(C)N(C)C(C)C#N. The minimum atomic E-state index is -0.270. The topological polar surface area (TPSA) is 56.1 Å². The first-order valence-electron chi connectivity index (χ1n) is 5.35. The zero-order valence-electron chi connectivity index (χ0n) is 10.2. The molecule has 0 saturated heterocycles. The number of hydrogen-bond donors (Lipinski definition) is 1.